The molecule has 0 aliphatic rings. The van der Waals surface area contributed by atoms with E-state index in [1.165, 1.54) is 34.5 Å². The highest BCUT2D eigenvalue weighted by Crippen LogP contribution is 2.49. The number of ether oxygens (including phenoxy) is 4. The van der Waals surface area contributed by atoms with Crippen molar-refractivity contribution in [2.75, 3.05) is 28.4 Å². The van der Waals surface area contributed by atoms with Gasteiger partial charge in [-0.25, -0.2) is 0 Å². The van der Waals surface area contributed by atoms with Gasteiger partial charge in [0.1, 0.15) is 0 Å². The second kappa shape index (κ2) is 9.87. The fourth-order valence-electron chi connectivity index (χ4n) is 4.04. The van der Waals surface area contributed by atoms with Crippen molar-refractivity contribution in [2.24, 2.45) is 0 Å². The monoisotopic (exact) mass is 490 g/mol. The van der Waals surface area contributed by atoms with E-state index in [1.54, 1.807) is 54.6 Å². The largest absolute Gasteiger partial charge is 0.504 e. The average Bonchev–Trinajstić information content (AvgIpc) is 2.89. The number of phenolic OH excluding ortho intramolecular Hbond substituents is 4. The maximum atomic E-state index is 11.0. The van der Waals surface area contributed by atoms with E-state index < -0.39 is 0 Å². The van der Waals surface area contributed by atoms with E-state index in [2.05, 4.69) is 0 Å². The normalized spacial score (nSPS) is 10.7. The highest BCUT2D eigenvalue weighted by atomic mass is 16.5. The van der Waals surface area contributed by atoms with Crippen molar-refractivity contribution in [2.45, 2.75) is 0 Å². The Labute approximate surface area is 208 Å². The van der Waals surface area contributed by atoms with Crippen LogP contribution in [0.5, 0.6) is 46.0 Å². The van der Waals surface area contributed by atoms with E-state index in [-0.39, 0.29) is 45.8 Å². The molecule has 0 saturated heterocycles. The van der Waals surface area contributed by atoms with Gasteiger partial charge in [0.05, 0.1) is 28.4 Å². The molecule has 0 spiro atoms. The molecule has 0 atom stereocenters. The fraction of sp³-hybridized carbons (Fsp3) is 0.143. The van der Waals surface area contributed by atoms with Gasteiger partial charge in [-0.3, -0.25) is 0 Å². The van der Waals surface area contributed by atoms with Crippen LogP contribution >= 0.6 is 0 Å². The molecule has 4 aromatic carbocycles. The predicted molar refractivity (Wildman–Crippen MR) is 136 cm³/mol. The smallest absolute Gasteiger partial charge is 0.165 e. The third-order valence-corrected chi connectivity index (χ3v) is 5.92. The molecule has 0 amide bonds. The molecule has 4 N–H and O–H groups in total. The molecular weight excluding hydrogens is 464 g/mol. The topological polar surface area (TPSA) is 118 Å². The lowest BCUT2D eigenvalue weighted by molar-refractivity contribution is 0.370. The molecule has 0 radical (unpaired) electrons. The maximum absolute atomic E-state index is 11.0. The fourth-order valence-corrected chi connectivity index (χ4v) is 4.04. The summed E-state index contributed by atoms with van der Waals surface area (Å²) in [6, 6.07) is 16.4. The zero-order valence-electron chi connectivity index (χ0n) is 20.2. The van der Waals surface area contributed by atoms with Crippen molar-refractivity contribution < 1.29 is 39.4 Å². The van der Waals surface area contributed by atoms with Gasteiger partial charge in [-0.15, -0.1) is 0 Å². The minimum absolute atomic E-state index is 0.00164. The molecule has 4 rings (SSSR count). The SMILES string of the molecule is COc1cc(-c2cc(OC)c(O)c(-c3cc(OC)c(O)c(-c4cccc(OC)c4O)c3)c2)ccc1O. The van der Waals surface area contributed by atoms with E-state index in [1.807, 2.05) is 0 Å². The molecule has 0 aromatic heterocycles. The molecule has 186 valence electrons. The minimum Gasteiger partial charge on any atom is -0.504 e. The first-order valence-corrected chi connectivity index (χ1v) is 10.9. The summed E-state index contributed by atoms with van der Waals surface area (Å²) in [5, 5.41) is 42.6. The third-order valence-electron chi connectivity index (χ3n) is 5.92. The van der Waals surface area contributed by atoms with Crippen molar-refractivity contribution in [3.63, 3.8) is 0 Å². The van der Waals surface area contributed by atoms with Gasteiger partial charge in [0.15, 0.2) is 46.0 Å². The number of aromatic hydroxyl groups is 4. The minimum atomic E-state index is -0.185. The summed E-state index contributed by atoms with van der Waals surface area (Å²) in [6.45, 7) is 0. The zero-order chi connectivity index (χ0) is 26.0. The van der Waals surface area contributed by atoms with Gasteiger partial charge in [-0.1, -0.05) is 18.2 Å². The molecule has 0 unspecified atom stereocenters. The number of benzene rings is 4. The summed E-state index contributed by atoms with van der Waals surface area (Å²) in [4.78, 5) is 0. The number of hydrogen-bond donors (Lipinski definition) is 4. The van der Waals surface area contributed by atoms with E-state index in [4.69, 9.17) is 18.9 Å². The van der Waals surface area contributed by atoms with Gasteiger partial charge in [0.2, 0.25) is 0 Å². The van der Waals surface area contributed by atoms with Crippen LogP contribution in [0.1, 0.15) is 0 Å². The van der Waals surface area contributed by atoms with Crippen molar-refractivity contribution in [1.29, 1.82) is 0 Å². The summed E-state index contributed by atoms with van der Waals surface area (Å²) >= 11 is 0. The van der Waals surface area contributed by atoms with Gasteiger partial charge in [0.25, 0.3) is 0 Å². The number of hydrogen-bond acceptors (Lipinski definition) is 8. The second-order valence-corrected chi connectivity index (χ2v) is 7.89. The van der Waals surface area contributed by atoms with Gasteiger partial charge in [-0.2, -0.15) is 0 Å². The molecule has 8 nitrogen and oxygen atoms in total. The number of methoxy groups -OCH3 is 4. The van der Waals surface area contributed by atoms with E-state index >= 15 is 0 Å². The highest BCUT2D eigenvalue weighted by molar-refractivity contribution is 5.88. The Kier molecular flexibility index (Phi) is 6.69. The van der Waals surface area contributed by atoms with Gasteiger partial charge in [0, 0.05) is 16.7 Å². The molecule has 0 saturated carbocycles. The van der Waals surface area contributed by atoms with Crippen molar-refractivity contribution in [1.82, 2.24) is 0 Å². The van der Waals surface area contributed by atoms with Crippen LogP contribution in [-0.4, -0.2) is 48.9 Å². The summed E-state index contributed by atoms with van der Waals surface area (Å²) < 4.78 is 21.3. The number of rotatable bonds is 7. The van der Waals surface area contributed by atoms with Crippen LogP contribution in [-0.2, 0) is 0 Å². The summed E-state index contributed by atoms with van der Waals surface area (Å²) in [7, 11) is 5.74. The molecule has 0 fully saturated rings. The van der Waals surface area contributed by atoms with Crippen molar-refractivity contribution in [3.05, 3.63) is 60.7 Å². The Bertz CT molecular complexity index is 1430. The summed E-state index contributed by atoms with van der Waals surface area (Å²) in [5.74, 6) is 0.426. The Morgan fingerprint density at radius 2 is 0.972 bits per heavy atom. The van der Waals surface area contributed by atoms with Gasteiger partial charge >= 0.3 is 0 Å². The van der Waals surface area contributed by atoms with Crippen LogP contribution in [0.25, 0.3) is 33.4 Å². The van der Waals surface area contributed by atoms with Gasteiger partial charge < -0.3 is 39.4 Å². The van der Waals surface area contributed by atoms with E-state index in [0.29, 0.717) is 33.6 Å². The Hall–Kier alpha value is -4.72. The Morgan fingerprint density at radius 3 is 1.61 bits per heavy atom. The highest BCUT2D eigenvalue weighted by Gasteiger charge is 2.21. The maximum Gasteiger partial charge on any atom is 0.165 e. The van der Waals surface area contributed by atoms with Crippen LogP contribution in [0.2, 0.25) is 0 Å². The van der Waals surface area contributed by atoms with Crippen LogP contribution in [0.4, 0.5) is 0 Å². The van der Waals surface area contributed by atoms with Crippen LogP contribution < -0.4 is 18.9 Å². The van der Waals surface area contributed by atoms with E-state index in [9.17, 15) is 20.4 Å². The lowest BCUT2D eigenvalue weighted by Crippen LogP contribution is -1.93. The van der Waals surface area contributed by atoms with E-state index in [0.717, 1.165) is 0 Å². The molecule has 36 heavy (non-hydrogen) atoms. The Balaban J connectivity index is 1.97. The Morgan fingerprint density at radius 1 is 0.444 bits per heavy atom. The molecule has 0 aliphatic carbocycles. The molecule has 0 aliphatic heterocycles. The first kappa shape index (κ1) is 24.4. The standard InChI is InChI=1S/C28H26O8/c1-33-22-7-5-6-18(26(22)30)20-11-17(14-25(36-4)28(20)32)19-10-16(13-24(35-3)27(19)31)15-8-9-21(29)23(12-15)34-2/h5-14,29-32H,1-4H3. The van der Waals surface area contributed by atoms with Crippen molar-refractivity contribution >= 4 is 0 Å². The number of para-hydroxylation sites is 1. The molecule has 0 heterocycles. The van der Waals surface area contributed by atoms with Gasteiger partial charge in [-0.05, 0) is 59.2 Å². The molecule has 4 aromatic rings. The third kappa shape index (κ3) is 4.24. The second-order valence-electron chi connectivity index (χ2n) is 7.89. The molecular formula is C28H26O8. The molecule has 0 bridgehead atoms. The number of phenols is 4. The first-order chi connectivity index (χ1) is 17.3. The van der Waals surface area contributed by atoms with Crippen molar-refractivity contribution in [3.8, 4) is 79.4 Å². The summed E-state index contributed by atoms with van der Waals surface area (Å²) in [5.41, 5.74) is 2.86. The van der Waals surface area contributed by atoms with Crippen LogP contribution in [0.15, 0.2) is 60.7 Å². The lowest BCUT2D eigenvalue weighted by Gasteiger charge is -2.17. The van der Waals surface area contributed by atoms with Crippen LogP contribution in [0, 0.1) is 0 Å². The lowest BCUT2D eigenvalue weighted by atomic mass is 9.93. The zero-order valence-corrected chi connectivity index (χ0v) is 20.2. The predicted octanol–water partition coefficient (Wildman–Crippen LogP) is 5.54. The quantitative estimate of drug-likeness (QED) is 0.267. The molecule has 8 heteroatoms. The first-order valence-electron chi connectivity index (χ1n) is 10.9. The summed E-state index contributed by atoms with van der Waals surface area (Å²) in [6.07, 6.45) is 0. The van der Waals surface area contributed by atoms with Crippen LogP contribution in [0.3, 0.4) is 0 Å². The average molecular weight is 491 g/mol.